The topological polar surface area (TPSA) is 85.3 Å². The zero-order valence-corrected chi connectivity index (χ0v) is 22.5. The predicted molar refractivity (Wildman–Crippen MR) is 147 cm³/mol. The molecule has 1 saturated heterocycles. The van der Waals surface area contributed by atoms with Crippen LogP contribution in [0.2, 0.25) is 5.02 Å². The molecule has 1 heterocycles. The van der Waals surface area contributed by atoms with E-state index < -0.39 is 17.7 Å². The Balaban J connectivity index is 1.85. The summed E-state index contributed by atoms with van der Waals surface area (Å²) in [5.41, 5.74) is 1.23. The molecule has 3 aromatic carbocycles. The second-order valence-electron chi connectivity index (χ2n) is 9.22. The molecule has 38 heavy (non-hydrogen) atoms. The van der Waals surface area contributed by atoms with Gasteiger partial charge in [0.1, 0.15) is 23.0 Å². The van der Waals surface area contributed by atoms with Crippen molar-refractivity contribution in [2.75, 3.05) is 25.2 Å². The smallest absolute Gasteiger partial charge is 0.300 e. The Kier molecular flexibility index (Phi) is 8.27. The van der Waals surface area contributed by atoms with E-state index in [-0.39, 0.29) is 21.9 Å². The second-order valence-corrected chi connectivity index (χ2v) is 9.62. The molecule has 1 amide bonds. The van der Waals surface area contributed by atoms with Gasteiger partial charge < -0.3 is 19.3 Å². The third-order valence-corrected chi connectivity index (χ3v) is 6.41. The highest BCUT2D eigenvalue weighted by molar-refractivity contribution is 6.52. The molecule has 0 saturated carbocycles. The van der Waals surface area contributed by atoms with Crippen molar-refractivity contribution in [2.24, 2.45) is 5.92 Å². The summed E-state index contributed by atoms with van der Waals surface area (Å²) in [5.74, 6) is 0.141. The number of Topliss-reactive ketones (excluding diaryl/α,β-unsaturated/α-hetero) is 1. The van der Waals surface area contributed by atoms with Gasteiger partial charge in [-0.05, 0) is 73.0 Å². The van der Waals surface area contributed by atoms with Crippen LogP contribution in [0, 0.1) is 5.92 Å². The normalized spacial score (nSPS) is 16.7. The highest BCUT2D eigenvalue weighted by Crippen LogP contribution is 2.44. The minimum atomic E-state index is -0.907. The molecule has 0 spiro atoms. The fourth-order valence-electron chi connectivity index (χ4n) is 4.25. The minimum Gasteiger partial charge on any atom is -0.507 e. The van der Waals surface area contributed by atoms with Crippen LogP contribution in [-0.2, 0) is 9.59 Å². The van der Waals surface area contributed by atoms with Crippen molar-refractivity contribution in [3.63, 3.8) is 0 Å². The molecule has 7 nitrogen and oxygen atoms in total. The van der Waals surface area contributed by atoms with Crippen molar-refractivity contribution in [3.8, 4) is 17.2 Å². The molecule has 198 valence electrons. The highest BCUT2D eigenvalue weighted by Gasteiger charge is 2.47. The SMILES string of the molecule is CCOc1ccc(Cl)c(/C(O)=C2\C(=O)C(=O)N(c3ccc(OCC(C)C)cc3)C2c2ccc(OC)cc2)c1. The molecular formula is C30H30ClNO6. The maximum Gasteiger partial charge on any atom is 0.300 e. The van der Waals surface area contributed by atoms with Crippen molar-refractivity contribution < 1.29 is 28.9 Å². The molecule has 8 heteroatoms. The number of benzene rings is 3. The van der Waals surface area contributed by atoms with Crippen molar-refractivity contribution >= 4 is 34.7 Å². The van der Waals surface area contributed by atoms with Crippen LogP contribution in [-0.4, -0.2) is 37.1 Å². The first-order valence-electron chi connectivity index (χ1n) is 12.4. The lowest BCUT2D eigenvalue weighted by Crippen LogP contribution is -2.29. The Morgan fingerprint density at radius 1 is 0.947 bits per heavy atom. The van der Waals surface area contributed by atoms with Gasteiger partial charge in [-0.3, -0.25) is 14.5 Å². The molecule has 1 aliphatic rings. The Bertz CT molecular complexity index is 1350. The van der Waals surface area contributed by atoms with E-state index in [1.54, 1.807) is 73.8 Å². The lowest BCUT2D eigenvalue weighted by atomic mass is 9.95. The molecule has 1 atom stereocenters. The van der Waals surface area contributed by atoms with E-state index >= 15 is 0 Å². The number of carbonyl (C=O) groups is 2. The van der Waals surface area contributed by atoms with E-state index in [9.17, 15) is 14.7 Å². The van der Waals surface area contributed by atoms with Crippen molar-refractivity contribution in [1.82, 2.24) is 0 Å². The van der Waals surface area contributed by atoms with Crippen molar-refractivity contribution in [1.29, 1.82) is 0 Å². The summed E-state index contributed by atoms with van der Waals surface area (Å²) < 4.78 is 16.6. The molecule has 1 aliphatic heterocycles. The summed E-state index contributed by atoms with van der Waals surface area (Å²) in [7, 11) is 1.55. The third-order valence-electron chi connectivity index (χ3n) is 6.08. The quantitative estimate of drug-likeness (QED) is 0.194. The van der Waals surface area contributed by atoms with Gasteiger partial charge in [-0.25, -0.2) is 0 Å². The van der Waals surface area contributed by atoms with Gasteiger partial charge in [-0.2, -0.15) is 0 Å². The molecule has 1 fully saturated rings. The average molecular weight is 536 g/mol. The minimum absolute atomic E-state index is 0.0733. The summed E-state index contributed by atoms with van der Waals surface area (Å²) in [6.07, 6.45) is 0. The lowest BCUT2D eigenvalue weighted by molar-refractivity contribution is -0.132. The van der Waals surface area contributed by atoms with E-state index in [2.05, 4.69) is 13.8 Å². The molecule has 0 radical (unpaired) electrons. The monoisotopic (exact) mass is 535 g/mol. The summed E-state index contributed by atoms with van der Waals surface area (Å²) in [6, 6.07) is 17.8. The number of hydrogen-bond donors (Lipinski definition) is 1. The Morgan fingerprint density at radius 2 is 1.58 bits per heavy atom. The van der Waals surface area contributed by atoms with Gasteiger partial charge in [0.15, 0.2) is 0 Å². The van der Waals surface area contributed by atoms with Gasteiger partial charge in [-0.1, -0.05) is 37.6 Å². The molecule has 3 aromatic rings. The van der Waals surface area contributed by atoms with Gasteiger partial charge >= 0.3 is 0 Å². The summed E-state index contributed by atoms with van der Waals surface area (Å²) in [5, 5.41) is 11.7. The first-order valence-corrected chi connectivity index (χ1v) is 12.7. The number of amides is 1. The number of aliphatic hydroxyl groups excluding tert-OH is 1. The van der Waals surface area contributed by atoms with Gasteiger partial charge in [0.2, 0.25) is 0 Å². The fourth-order valence-corrected chi connectivity index (χ4v) is 4.46. The Morgan fingerprint density at radius 3 is 2.18 bits per heavy atom. The van der Waals surface area contributed by atoms with E-state index in [4.69, 9.17) is 25.8 Å². The maximum absolute atomic E-state index is 13.4. The van der Waals surface area contributed by atoms with Crippen LogP contribution >= 0.6 is 11.6 Å². The van der Waals surface area contributed by atoms with Gasteiger partial charge in [0, 0.05) is 11.3 Å². The summed E-state index contributed by atoms with van der Waals surface area (Å²) >= 11 is 6.42. The average Bonchev–Trinajstić information content (AvgIpc) is 3.18. The number of rotatable bonds is 9. The molecule has 1 unspecified atom stereocenters. The maximum atomic E-state index is 13.4. The van der Waals surface area contributed by atoms with Crippen LogP contribution in [0.25, 0.3) is 5.76 Å². The highest BCUT2D eigenvalue weighted by atomic mass is 35.5. The number of nitrogens with zero attached hydrogens (tertiary/aromatic N) is 1. The number of hydrogen-bond acceptors (Lipinski definition) is 6. The second kappa shape index (κ2) is 11.6. The number of ether oxygens (including phenoxy) is 3. The Labute approximate surface area is 227 Å². The standard InChI is InChI=1S/C30H30ClNO6/c1-5-37-23-14-15-25(31)24(16-23)28(33)26-27(19-6-10-21(36-4)11-7-19)32(30(35)29(26)34)20-8-12-22(13-9-20)38-17-18(2)3/h6-16,18,27,33H,5,17H2,1-4H3/b28-26+. The van der Waals surface area contributed by atoms with E-state index in [1.165, 1.54) is 4.90 Å². The van der Waals surface area contributed by atoms with Crippen LogP contribution in [0.5, 0.6) is 17.2 Å². The molecule has 0 aromatic heterocycles. The molecule has 4 rings (SSSR count). The number of aliphatic hydroxyl groups is 1. The van der Waals surface area contributed by atoms with Crippen molar-refractivity contribution in [3.05, 3.63) is 88.5 Å². The van der Waals surface area contributed by atoms with Crippen LogP contribution in [0.15, 0.2) is 72.3 Å². The van der Waals surface area contributed by atoms with Crippen LogP contribution in [0.1, 0.15) is 37.9 Å². The number of carbonyl (C=O) groups excluding carboxylic acids is 2. The van der Waals surface area contributed by atoms with Crippen LogP contribution in [0.3, 0.4) is 0 Å². The largest absolute Gasteiger partial charge is 0.507 e. The van der Waals surface area contributed by atoms with Crippen molar-refractivity contribution in [2.45, 2.75) is 26.8 Å². The number of anilines is 1. The zero-order chi connectivity index (χ0) is 27.4. The van der Waals surface area contributed by atoms with Gasteiger partial charge in [0.25, 0.3) is 11.7 Å². The summed E-state index contributed by atoms with van der Waals surface area (Å²) in [4.78, 5) is 28.3. The first kappa shape index (κ1) is 27.1. The first-order chi connectivity index (χ1) is 18.2. The number of ketones is 1. The zero-order valence-electron chi connectivity index (χ0n) is 21.7. The van der Waals surface area contributed by atoms with Crippen LogP contribution < -0.4 is 19.1 Å². The van der Waals surface area contributed by atoms with Gasteiger partial charge in [-0.15, -0.1) is 0 Å². The molecular weight excluding hydrogens is 506 g/mol. The Hall–Kier alpha value is -3.97. The summed E-state index contributed by atoms with van der Waals surface area (Å²) in [6.45, 7) is 6.91. The molecule has 1 N–H and O–H groups in total. The lowest BCUT2D eigenvalue weighted by Gasteiger charge is -2.26. The third kappa shape index (κ3) is 5.48. The van der Waals surface area contributed by atoms with Gasteiger partial charge in [0.05, 0.1) is 37.0 Å². The number of halogens is 1. The predicted octanol–water partition coefficient (Wildman–Crippen LogP) is 6.41. The van der Waals surface area contributed by atoms with Crippen LogP contribution in [0.4, 0.5) is 5.69 Å². The van der Waals surface area contributed by atoms with E-state index in [1.807, 2.05) is 6.92 Å². The van der Waals surface area contributed by atoms with E-state index in [0.29, 0.717) is 47.6 Å². The molecule has 0 bridgehead atoms. The molecule has 0 aliphatic carbocycles. The fraction of sp³-hybridized carbons (Fsp3) is 0.267. The number of methoxy groups -OCH3 is 1. The van der Waals surface area contributed by atoms with E-state index in [0.717, 1.165) is 0 Å².